The summed E-state index contributed by atoms with van der Waals surface area (Å²) < 4.78 is 0. The van der Waals surface area contributed by atoms with E-state index in [0.717, 1.165) is 10.6 Å². The van der Waals surface area contributed by atoms with Gasteiger partial charge in [-0.2, -0.15) is 0 Å². The van der Waals surface area contributed by atoms with Gasteiger partial charge < -0.3 is 10.4 Å². The van der Waals surface area contributed by atoms with E-state index in [4.69, 9.17) is 16.7 Å². The number of amides is 1. The molecule has 1 unspecified atom stereocenters. The van der Waals surface area contributed by atoms with Crippen LogP contribution in [-0.4, -0.2) is 28.6 Å². The van der Waals surface area contributed by atoms with Crippen LogP contribution in [0.4, 0.5) is 0 Å². The van der Waals surface area contributed by atoms with Crippen LogP contribution >= 0.6 is 22.9 Å². The summed E-state index contributed by atoms with van der Waals surface area (Å²) in [6.45, 7) is 1.86. The maximum atomic E-state index is 11.9. The second-order valence-electron chi connectivity index (χ2n) is 4.66. The number of hydrogen-bond donors (Lipinski definition) is 2. The highest BCUT2D eigenvalue weighted by Gasteiger charge is 2.13. The molecule has 1 aromatic carbocycles. The van der Waals surface area contributed by atoms with Gasteiger partial charge in [0.05, 0.1) is 29.8 Å². The van der Waals surface area contributed by atoms with Gasteiger partial charge in [-0.3, -0.25) is 4.79 Å². The number of carbonyl (C=O) groups is 1. The Morgan fingerprint density at radius 1 is 1.48 bits per heavy atom. The predicted molar refractivity (Wildman–Crippen MR) is 85.6 cm³/mol. The van der Waals surface area contributed by atoms with Crippen LogP contribution in [0.15, 0.2) is 29.6 Å². The first-order chi connectivity index (χ1) is 10.1. The summed E-state index contributed by atoms with van der Waals surface area (Å²) >= 11 is 7.60. The van der Waals surface area contributed by atoms with Gasteiger partial charge in [-0.15, -0.1) is 11.3 Å². The molecule has 112 valence electrons. The first kappa shape index (κ1) is 15.9. The summed E-state index contributed by atoms with van der Waals surface area (Å²) in [6, 6.07) is 7.30. The fourth-order valence-corrected chi connectivity index (χ4v) is 3.01. The number of halogens is 1. The Balaban J connectivity index is 2.04. The molecule has 0 bridgehead atoms. The van der Waals surface area contributed by atoms with Crippen molar-refractivity contribution in [2.75, 3.05) is 6.61 Å². The lowest BCUT2D eigenvalue weighted by molar-refractivity contribution is -0.121. The topological polar surface area (TPSA) is 62.2 Å². The number of rotatable bonds is 6. The monoisotopic (exact) mass is 324 g/mol. The second kappa shape index (κ2) is 7.54. The highest BCUT2D eigenvalue weighted by atomic mass is 35.5. The lowest BCUT2D eigenvalue weighted by Crippen LogP contribution is -2.37. The molecule has 6 heteroatoms. The summed E-state index contributed by atoms with van der Waals surface area (Å²) in [5, 5.41) is 15.2. The van der Waals surface area contributed by atoms with Crippen molar-refractivity contribution in [1.29, 1.82) is 0 Å². The zero-order valence-corrected chi connectivity index (χ0v) is 13.2. The number of nitrogens with zero attached hydrogens (tertiary/aromatic N) is 1. The van der Waals surface area contributed by atoms with Crippen molar-refractivity contribution in [2.45, 2.75) is 25.8 Å². The lowest BCUT2D eigenvalue weighted by Gasteiger charge is -2.13. The molecule has 0 aliphatic carbocycles. The van der Waals surface area contributed by atoms with E-state index in [2.05, 4.69) is 10.3 Å². The zero-order chi connectivity index (χ0) is 15.2. The first-order valence-corrected chi connectivity index (χ1v) is 7.99. The van der Waals surface area contributed by atoms with Gasteiger partial charge in [-0.05, 0) is 12.5 Å². The van der Waals surface area contributed by atoms with Gasteiger partial charge in [0.15, 0.2) is 0 Å². The van der Waals surface area contributed by atoms with Crippen molar-refractivity contribution >= 4 is 28.8 Å². The van der Waals surface area contributed by atoms with Crippen LogP contribution in [0.2, 0.25) is 5.02 Å². The van der Waals surface area contributed by atoms with Crippen LogP contribution in [0.3, 0.4) is 0 Å². The van der Waals surface area contributed by atoms with Crippen LogP contribution in [0.5, 0.6) is 0 Å². The minimum absolute atomic E-state index is 0.0514. The van der Waals surface area contributed by atoms with E-state index in [0.29, 0.717) is 17.1 Å². The quantitative estimate of drug-likeness (QED) is 0.859. The molecule has 2 rings (SSSR count). The standard InChI is InChI=1S/C15H17ClN2O2S/c1-2-10(8-19)17-14(20)7-11-9-21-15(18-11)12-5-3-4-6-13(12)16/h3-6,9-10,19H,2,7-8H2,1H3,(H,17,20). The van der Waals surface area contributed by atoms with E-state index >= 15 is 0 Å². The summed E-state index contributed by atoms with van der Waals surface area (Å²) in [6.07, 6.45) is 0.904. The van der Waals surface area contributed by atoms with E-state index in [1.807, 2.05) is 36.6 Å². The number of hydrogen-bond acceptors (Lipinski definition) is 4. The average molecular weight is 325 g/mol. The van der Waals surface area contributed by atoms with E-state index in [-0.39, 0.29) is 25.0 Å². The van der Waals surface area contributed by atoms with Crippen molar-refractivity contribution < 1.29 is 9.90 Å². The Morgan fingerprint density at radius 2 is 2.24 bits per heavy atom. The first-order valence-electron chi connectivity index (χ1n) is 6.73. The molecule has 1 amide bonds. The van der Waals surface area contributed by atoms with Gasteiger partial charge in [-0.25, -0.2) is 4.98 Å². The molecule has 0 fully saturated rings. The molecule has 4 nitrogen and oxygen atoms in total. The third-order valence-corrected chi connectivity index (χ3v) is 4.33. The number of aliphatic hydroxyl groups excluding tert-OH is 1. The normalized spacial score (nSPS) is 12.1. The smallest absolute Gasteiger partial charge is 0.226 e. The Morgan fingerprint density at radius 3 is 2.90 bits per heavy atom. The number of aliphatic hydroxyl groups is 1. The number of aromatic nitrogens is 1. The Hall–Kier alpha value is -1.43. The average Bonchev–Trinajstić information content (AvgIpc) is 2.93. The number of nitrogens with one attached hydrogen (secondary N) is 1. The molecule has 2 aromatic rings. The minimum Gasteiger partial charge on any atom is -0.394 e. The van der Waals surface area contributed by atoms with Crippen LogP contribution in [0, 0.1) is 0 Å². The molecule has 0 saturated heterocycles. The minimum atomic E-state index is -0.195. The predicted octanol–water partition coefficient (Wildman–Crippen LogP) is 2.89. The zero-order valence-electron chi connectivity index (χ0n) is 11.7. The molecule has 0 saturated carbocycles. The lowest BCUT2D eigenvalue weighted by atomic mass is 10.2. The summed E-state index contributed by atoms with van der Waals surface area (Å²) in [4.78, 5) is 16.3. The molecular formula is C15H17ClN2O2S. The molecule has 0 aliphatic heterocycles. The molecule has 21 heavy (non-hydrogen) atoms. The number of thiazole rings is 1. The molecule has 0 radical (unpaired) electrons. The Kier molecular flexibility index (Phi) is 5.73. The van der Waals surface area contributed by atoms with Gasteiger partial charge in [0.1, 0.15) is 5.01 Å². The summed E-state index contributed by atoms with van der Waals surface area (Å²) in [7, 11) is 0. The highest BCUT2D eigenvalue weighted by Crippen LogP contribution is 2.30. The number of carbonyl (C=O) groups excluding carboxylic acids is 1. The van der Waals surface area contributed by atoms with Crippen LogP contribution in [0.1, 0.15) is 19.0 Å². The third-order valence-electron chi connectivity index (χ3n) is 3.08. The molecule has 2 N–H and O–H groups in total. The Labute approximate surface area is 132 Å². The van der Waals surface area contributed by atoms with Crippen molar-refractivity contribution in [3.63, 3.8) is 0 Å². The molecule has 1 atom stereocenters. The number of benzene rings is 1. The van der Waals surface area contributed by atoms with Gasteiger partial charge >= 0.3 is 0 Å². The molecule has 1 heterocycles. The molecular weight excluding hydrogens is 308 g/mol. The summed E-state index contributed by atoms with van der Waals surface area (Å²) in [5.74, 6) is -0.132. The van der Waals surface area contributed by atoms with Crippen molar-refractivity contribution in [2.24, 2.45) is 0 Å². The van der Waals surface area contributed by atoms with Gasteiger partial charge in [-0.1, -0.05) is 36.7 Å². The van der Waals surface area contributed by atoms with Gasteiger partial charge in [0, 0.05) is 10.9 Å². The van der Waals surface area contributed by atoms with Crippen molar-refractivity contribution in [3.05, 3.63) is 40.4 Å². The van der Waals surface area contributed by atoms with Crippen LogP contribution in [0.25, 0.3) is 10.6 Å². The molecule has 0 spiro atoms. The van der Waals surface area contributed by atoms with Gasteiger partial charge in [0.2, 0.25) is 5.91 Å². The van der Waals surface area contributed by atoms with Crippen molar-refractivity contribution in [1.82, 2.24) is 10.3 Å². The fourth-order valence-electron chi connectivity index (χ4n) is 1.87. The van der Waals surface area contributed by atoms with E-state index in [9.17, 15) is 4.79 Å². The highest BCUT2D eigenvalue weighted by molar-refractivity contribution is 7.13. The maximum absolute atomic E-state index is 11.9. The van der Waals surface area contributed by atoms with Crippen LogP contribution < -0.4 is 5.32 Å². The SMILES string of the molecule is CCC(CO)NC(=O)Cc1csc(-c2ccccc2Cl)n1. The maximum Gasteiger partial charge on any atom is 0.226 e. The van der Waals surface area contributed by atoms with E-state index in [1.165, 1.54) is 11.3 Å². The van der Waals surface area contributed by atoms with E-state index < -0.39 is 0 Å². The van der Waals surface area contributed by atoms with Crippen LogP contribution in [-0.2, 0) is 11.2 Å². The Bertz CT molecular complexity index is 611. The van der Waals surface area contributed by atoms with E-state index in [1.54, 1.807) is 0 Å². The molecule has 0 aliphatic rings. The van der Waals surface area contributed by atoms with Gasteiger partial charge in [0.25, 0.3) is 0 Å². The second-order valence-corrected chi connectivity index (χ2v) is 5.92. The molecule has 1 aromatic heterocycles. The largest absolute Gasteiger partial charge is 0.394 e. The van der Waals surface area contributed by atoms with Crippen molar-refractivity contribution in [3.8, 4) is 10.6 Å². The fraction of sp³-hybridized carbons (Fsp3) is 0.333. The summed E-state index contributed by atoms with van der Waals surface area (Å²) in [5.41, 5.74) is 1.58. The third kappa shape index (κ3) is 4.27.